The van der Waals surface area contributed by atoms with Crippen molar-refractivity contribution < 1.29 is 27.1 Å². The van der Waals surface area contributed by atoms with Crippen molar-refractivity contribution in [3.63, 3.8) is 0 Å². The van der Waals surface area contributed by atoms with Crippen LogP contribution in [0.3, 0.4) is 0 Å². The predicted octanol–water partition coefficient (Wildman–Crippen LogP) is 4.23. The van der Waals surface area contributed by atoms with Gasteiger partial charge in [-0.25, -0.2) is 12.8 Å². The smallest absolute Gasteiger partial charge is 0.264 e. The molecule has 0 fully saturated rings. The van der Waals surface area contributed by atoms with E-state index in [2.05, 4.69) is 5.32 Å². The van der Waals surface area contributed by atoms with Crippen LogP contribution >= 0.6 is 0 Å². The van der Waals surface area contributed by atoms with Gasteiger partial charge in [0, 0.05) is 6.07 Å². The summed E-state index contributed by atoms with van der Waals surface area (Å²) in [7, 11) is -1.35. The van der Waals surface area contributed by atoms with Crippen molar-refractivity contribution in [3.05, 3.63) is 83.7 Å². The van der Waals surface area contributed by atoms with E-state index in [9.17, 15) is 17.6 Å². The van der Waals surface area contributed by atoms with Gasteiger partial charge in [0.2, 0.25) is 5.91 Å². The van der Waals surface area contributed by atoms with Crippen molar-refractivity contribution in [2.24, 2.45) is 0 Å². The molecule has 1 aliphatic rings. The zero-order chi connectivity index (χ0) is 25.0. The van der Waals surface area contributed by atoms with E-state index in [-0.39, 0.29) is 22.4 Å². The third-order valence-corrected chi connectivity index (χ3v) is 7.82. The van der Waals surface area contributed by atoms with Crippen molar-refractivity contribution in [2.75, 3.05) is 25.1 Å². The Hall–Kier alpha value is -3.59. The minimum Gasteiger partial charge on any atom is -0.493 e. The van der Waals surface area contributed by atoms with E-state index in [1.54, 1.807) is 0 Å². The van der Waals surface area contributed by atoms with Crippen molar-refractivity contribution in [1.82, 2.24) is 5.32 Å². The molecule has 0 unspecified atom stereocenters. The number of ether oxygens (including phenoxy) is 2. The number of fused-ring (bicyclic) bond motifs is 1. The first-order valence-corrected chi connectivity index (χ1v) is 12.6. The number of anilines is 1. The molecule has 7 nitrogen and oxygen atoms in total. The monoisotopic (exact) mass is 498 g/mol. The van der Waals surface area contributed by atoms with E-state index in [0.717, 1.165) is 41.3 Å². The SMILES string of the molecule is COc1ccc(S(=O)(=O)N(CC(=O)N[C@H]2CCCc3ccccc32)c2ccc(F)cc2)cc1OC. The highest BCUT2D eigenvalue weighted by Gasteiger charge is 2.30. The lowest BCUT2D eigenvalue weighted by atomic mass is 9.88. The Bertz CT molecular complexity index is 1310. The van der Waals surface area contributed by atoms with Crippen LogP contribution in [0.4, 0.5) is 10.1 Å². The van der Waals surface area contributed by atoms with Gasteiger partial charge in [-0.1, -0.05) is 24.3 Å². The largest absolute Gasteiger partial charge is 0.493 e. The molecule has 3 aromatic carbocycles. The first-order chi connectivity index (χ1) is 16.8. The maximum atomic E-state index is 13.7. The highest BCUT2D eigenvalue weighted by atomic mass is 32.2. The summed E-state index contributed by atoms with van der Waals surface area (Å²) in [4.78, 5) is 13.0. The third kappa shape index (κ3) is 5.24. The molecule has 1 aliphatic carbocycles. The number of nitrogens with zero attached hydrogens (tertiary/aromatic N) is 1. The van der Waals surface area contributed by atoms with E-state index in [4.69, 9.17) is 9.47 Å². The molecule has 1 amide bonds. The van der Waals surface area contributed by atoms with Crippen LogP contribution in [0, 0.1) is 5.82 Å². The number of nitrogens with one attached hydrogen (secondary N) is 1. The van der Waals surface area contributed by atoms with Crippen LogP contribution in [0.2, 0.25) is 0 Å². The fourth-order valence-electron chi connectivity index (χ4n) is 4.30. The Morgan fingerprint density at radius 1 is 1.03 bits per heavy atom. The summed E-state index contributed by atoms with van der Waals surface area (Å²) >= 11 is 0. The summed E-state index contributed by atoms with van der Waals surface area (Å²) in [6.07, 6.45) is 2.63. The molecule has 0 bridgehead atoms. The van der Waals surface area contributed by atoms with Crippen molar-refractivity contribution >= 4 is 21.6 Å². The fraction of sp³-hybridized carbons (Fsp3) is 0.269. The number of benzene rings is 3. The Labute approximate surface area is 204 Å². The van der Waals surface area contributed by atoms with Crippen molar-refractivity contribution in [2.45, 2.75) is 30.2 Å². The molecule has 0 spiro atoms. The van der Waals surface area contributed by atoms with Crippen LogP contribution in [0.5, 0.6) is 11.5 Å². The second-order valence-corrected chi connectivity index (χ2v) is 10.1. The first-order valence-electron chi connectivity index (χ1n) is 11.2. The standard InChI is InChI=1S/C26H27FN2O5S/c1-33-24-15-14-21(16-25(24)34-2)35(31,32)29(20-12-10-19(27)11-13-20)17-26(30)28-23-9-5-7-18-6-3-4-8-22(18)23/h3-4,6,8,10-16,23H,5,7,9,17H2,1-2H3,(H,28,30)/t23-/m0/s1. The molecule has 3 aromatic rings. The summed E-state index contributed by atoms with van der Waals surface area (Å²) in [5, 5.41) is 2.99. The summed E-state index contributed by atoms with van der Waals surface area (Å²) < 4.78 is 52.3. The lowest BCUT2D eigenvalue weighted by Crippen LogP contribution is -2.42. The van der Waals surface area contributed by atoms with Crippen LogP contribution < -0.4 is 19.1 Å². The number of aryl methyl sites for hydroxylation is 1. The Balaban J connectivity index is 1.65. The molecular formula is C26H27FN2O5S. The predicted molar refractivity (Wildman–Crippen MR) is 131 cm³/mol. The van der Waals surface area contributed by atoms with E-state index < -0.39 is 28.3 Å². The maximum absolute atomic E-state index is 13.7. The number of rotatable bonds is 8. The summed E-state index contributed by atoms with van der Waals surface area (Å²) in [6, 6.07) is 16.9. The van der Waals surface area contributed by atoms with Gasteiger partial charge in [0.05, 0.1) is 30.8 Å². The van der Waals surface area contributed by atoms with Crippen LogP contribution in [0.1, 0.15) is 30.0 Å². The molecule has 0 aliphatic heterocycles. The first kappa shape index (κ1) is 24.5. The molecule has 1 N–H and O–H groups in total. The molecular weight excluding hydrogens is 471 g/mol. The summed E-state index contributed by atoms with van der Waals surface area (Å²) in [6.45, 7) is -0.471. The van der Waals surface area contributed by atoms with Gasteiger partial charge < -0.3 is 14.8 Å². The van der Waals surface area contributed by atoms with Crippen molar-refractivity contribution in [1.29, 1.82) is 0 Å². The van der Waals surface area contributed by atoms with Gasteiger partial charge in [-0.3, -0.25) is 9.10 Å². The zero-order valence-electron chi connectivity index (χ0n) is 19.5. The van der Waals surface area contributed by atoms with Crippen LogP contribution in [-0.4, -0.2) is 35.1 Å². The van der Waals surface area contributed by atoms with Gasteiger partial charge in [0.25, 0.3) is 10.0 Å². The Kier molecular flexibility index (Phi) is 7.25. The number of amides is 1. The molecule has 35 heavy (non-hydrogen) atoms. The molecule has 184 valence electrons. The average molecular weight is 499 g/mol. The fourth-order valence-corrected chi connectivity index (χ4v) is 5.74. The van der Waals surface area contributed by atoms with Gasteiger partial charge in [-0.2, -0.15) is 0 Å². The van der Waals surface area contributed by atoms with Crippen LogP contribution in [0.15, 0.2) is 71.6 Å². The number of carbonyl (C=O) groups is 1. The lowest BCUT2D eigenvalue weighted by molar-refractivity contribution is -0.120. The van der Waals surface area contributed by atoms with Crippen LogP contribution in [-0.2, 0) is 21.2 Å². The zero-order valence-corrected chi connectivity index (χ0v) is 20.3. The number of hydrogen-bond acceptors (Lipinski definition) is 5. The van der Waals surface area contributed by atoms with Crippen LogP contribution in [0.25, 0.3) is 0 Å². The summed E-state index contributed by atoms with van der Waals surface area (Å²) in [5.74, 6) is -0.370. The topological polar surface area (TPSA) is 84.9 Å². The quantitative estimate of drug-likeness (QED) is 0.502. The average Bonchev–Trinajstić information content (AvgIpc) is 2.87. The van der Waals surface area contributed by atoms with E-state index in [0.29, 0.717) is 5.75 Å². The molecule has 0 saturated heterocycles. The molecule has 0 radical (unpaired) electrons. The lowest BCUT2D eigenvalue weighted by Gasteiger charge is -2.29. The Morgan fingerprint density at radius 3 is 2.46 bits per heavy atom. The van der Waals surface area contributed by atoms with Crippen molar-refractivity contribution in [3.8, 4) is 11.5 Å². The highest BCUT2D eigenvalue weighted by Crippen LogP contribution is 2.33. The highest BCUT2D eigenvalue weighted by molar-refractivity contribution is 7.92. The number of hydrogen-bond donors (Lipinski definition) is 1. The number of carbonyl (C=O) groups excluding carboxylic acids is 1. The second-order valence-electron chi connectivity index (χ2n) is 8.22. The molecule has 9 heteroatoms. The van der Waals surface area contributed by atoms with E-state index in [1.807, 2.05) is 24.3 Å². The van der Waals surface area contributed by atoms with Gasteiger partial charge in [-0.05, 0) is 66.8 Å². The normalized spacial score (nSPS) is 15.1. The minimum atomic E-state index is -4.21. The Morgan fingerprint density at radius 2 is 1.74 bits per heavy atom. The van der Waals surface area contributed by atoms with Gasteiger partial charge in [0.15, 0.2) is 11.5 Å². The summed E-state index contributed by atoms with van der Waals surface area (Å²) in [5.41, 5.74) is 2.39. The minimum absolute atomic E-state index is 0.0877. The van der Waals surface area contributed by atoms with E-state index >= 15 is 0 Å². The third-order valence-electron chi connectivity index (χ3n) is 6.05. The number of methoxy groups -OCH3 is 2. The van der Waals surface area contributed by atoms with Gasteiger partial charge in [-0.15, -0.1) is 0 Å². The molecule has 4 rings (SSSR count). The van der Waals surface area contributed by atoms with E-state index in [1.165, 1.54) is 50.1 Å². The molecule has 1 atom stereocenters. The van der Waals surface area contributed by atoms with Gasteiger partial charge in [0.1, 0.15) is 12.4 Å². The number of sulfonamides is 1. The van der Waals surface area contributed by atoms with Gasteiger partial charge >= 0.3 is 0 Å². The molecule has 0 saturated carbocycles. The maximum Gasteiger partial charge on any atom is 0.264 e. The number of halogens is 1. The molecule has 0 heterocycles. The second kappa shape index (κ2) is 10.4. The molecule has 0 aromatic heterocycles.